The van der Waals surface area contributed by atoms with E-state index >= 15 is 0 Å². The Kier molecular flexibility index (Phi) is 5.18. The fourth-order valence-corrected chi connectivity index (χ4v) is 3.09. The second kappa shape index (κ2) is 7.52. The minimum absolute atomic E-state index is 0.108. The minimum atomic E-state index is -0.295. The summed E-state index contributed by atoms with van der Waals surface area (Å²) < 4.78 is 3.08. The van der Waals surface area contributed by atoms with E-state index in [0.29, 0.717) is 16.6 Å². The van der Waals surface area contributed by atoms with Crippen LogP contribution in [0.2, 0.25) is 0 Å². The highest BCUT2D eigenvalue weighted by molar-refractivity contribution is 7.98. The van der Waals surface area contributed by atoms with E-state index in [1.165, 1.54) is 4.68 Å². The highest BCUT2D eigenvalue weighted by Gasteiger charge is 2.19. The lowest BCUT2D eigenvalue weighted by molar-refractivity contribution is -0.119. The number of hydrogen-bond donors (Lipinski definition) is 1. The van der Waals surface area contributed by atoms with E-state index in [1.807, 2.05) is 35.3 Å². The minimum Gasteiger partial charge on any atom is -0.342 e. The van der Waals surface area contributed by atoms with E-state index in [0.717, 1.165) is 12.2 Å². The zero-order chi connectivity index (χ0) is 17.8. The Morgan fingerprint density at radius 1 is 1.32 bits per heavy atom. The van der Waals surface area contributed by atoms with Crippen molar-refractivity contribution in [2.45, 2.75) is 12.5 Å². The summed E-state index contributed by atoms with van der Waals surface area (Å²) in [7, 11) is 1.55. The first-order valence-corrected chi connectivity index (χ1v) is 9.25. The number of carbonyl (C=O) groups is 1. The predicted octanol–water partition coefficient (Wildman–Crippen LogP) is 2.06. The van der Waals surface area contributed by atoms with Gasteiger partial charge in [-0.15, -0.1) is 5.10 Å². The van der Waals surface area contributed by atoms with Gasteiger partial charge in [0.1, 0.15) is 11.6 Å². The topological polar surface area (TPSA) is 81.8 Å². The number of amides is 1. The van der Waals surface area contributed by atoms with Gasteiger partial charge in [0.15, 0.2) is 0 Å². The first kappa shape index (κ1) is 17.2. The number of hydrogen-bond acceptors (Lipinski definition) is 5. The fraction of sp³-hybridized carbons (Fsp3) is 0.294. The summed E-state index contributed by atoms with van der Waals surface area (Å²) in [6.07, 6.45) is 6.51. The Hall–Kier alpha value is -2.61. The normalized spacial score (nSPS) is 12.2. The van der Waals surface area contributed by atoms with Crippen LogP contribution in [0.3, 0.4) is 0 Å². The lowest BCUT2D eigenvalue weighted by Gasteiger charge is -2.18. The Labute approximate surface area is 149 Å². The highest BCUT2D eigenvalue weighted by atomic mass is 32.2. The van der Waals surface area contributed by atoms with Gasteiger partial charge in [-0.3, -0.25) is 9.59 Å². The van der Waals surface area contributed by atoms with Crippen LogP contribution in [0.4, 0.5) is 5.69 Å². The molecular weight excluding hydrogens is 338 g/mol. The number of aryl methyl sites for hydroxylation is 1. The molecule has 0 saturated carbocycles. The van der Waals surface area contributed by atoms with Gasteiger partial charge in [0.05, 0.1) is 5.39 Å². The maximum absolute atomic E-state index is 12.8. The van der Waals surface area contributed by atoms with Crippen molar-refractivity contribution in [1.29, 1.82) is 0 Å². The van der Waals surface area contributed by atoms with Gasteiger partial charge in [-0.05, 0) is 48.8 Å². The molecule has 0 aliphatic rings. The zero-order valence-corrected chi connectivity index (χ0v) is 14.9. The predicted molar refractivity (Wildman–Crippen MR) is 99.9 cm³/mol. The summed E-state index contributed by atoms with van der Waals surface area (Å²) in [5, 5.41) is 11.1. The molecule has 3 rings (SSSR count). The molecule has 0 aliphatic carbocycles. The van der Waals surface area contributed by atoms with Crippen LogP contribution < -0.4 is 10.9 Å². The highest BCUT2D eigenvalue weighted by Crippen LogP contribution is 2.19. The summed E-state index contributed by atoms with van der Waals surface area (Å²) in [6.45, 7) is 0. The summed E-state index contributed by atoms with van der Waals surface area (Å²) in [4.78, 5) is 24.9. The van der Waals surface area contributed by atoms with E-state index in [1.54, 1.807) is 37.0 Å². The van der Waals surface area contributed by atoms with Gasteiger partial charge in [-0.1, -0.05) is 5.21 Å². The van der Waals surface area contributed by atoms with Crippen LogP contribution in [0.1, 0.15) is 12.5 Å². The Morgan fingerprint density at radius 2 is 2.08 bits per heavy atom. The average molecular weight is 357 g/mol. The first-order valence-electron chi connectivity index (χ1n) is 7.86. The second-order valence-electron chi connectivity index (χ2n) is 5.67. The SMILES string of the molecule is CSCCC(C(=O)Nc1ccc2nnn(C)c(=O)c2c1)n1cccc1. The standard InChI is InChI=1S/C17H19N5O2S/c1-21-17(24)13-11-12(5-6-14(13)19-20-21)18-16(23)15(7-10-25-2)22-8-3-4-9-22/h3-6,8-9,11,15H,7,10H2,1-2H3,(H,18,23). The van der Waals surface area contributed by atoms with Gasteiger partial charge in [-0.2, -0.15) is 11.8 Å². The van der Waals surface area contributed by atoms with Crippen molar-refractivity contribution in [2.24, 2.45) is 7.05 Å². The zero-order valence-electron chi connectivity index (χ0n) is 14.0. The molecule has 1 atom stereocenters. The van der Waals surface area contributed by atoms with E-state index in [2.05, 4.69) is 15.6 Å². The molecule has 1 aromatic carbocycles. The molecule has 0 bridgehead atoms. The summed E-state index contributed by atoms with van der Waals surface area (Å²) in [5.74, 6) is 0.771. The number of aromatic nitrogens is 4. The van der Waals surface area contributed by atoms with E-state index in [9.17, 15) is 9.59 Å². The Bertz CT molecular complexity index is 936. The van der Waals surface area contributed by atoms with Crippen molar-refractivity contribution < 1.29 is 4.79 Å². The molecule has 3 aromatic rings. The van der Waals surface area contributed by atoms with Gasteiger partial charge in [0.2, 0.25) is 5.91 Å². The van der Waals surface area contributed by atoms with Crippen LogP contribution in [0.5, 0.6) is 0 Å². The monoisotopic (exact) mass is 357 g/mol. The molecule has 2 aromatic heterocycles. The number of carbonyl (C=O) groups excluding carboxylic acids is 1. The van der Waals surface area contributed by atoms with Crippen molar-refractivity contribution in [3.05, 3.63) is 53.1 Å². The second-order valence-corrected chi connectivity index (χ2v) is 6.65. The number of anilines is 1. The molecule has 0 saturated heterocycles. The lowest BCUT2D eigenvalue weighted by Crippen LogP contribution is -2.26. The van der Waals surface area contributed by atoms with Crippen molar-refractivity contribution in [3.8, 4) is 0 Å². The van der Waals surface area contributed by atoms with Gasteiger partial charge < -0.3 is 9.88 Å². The molecule has 7 nitrogen and oxygen atoms in total. The molecule has 130 valence electrons. The van der Waals surface area contributed by atoms with Crippen LogP contribution in [0, 0.1) is 0 Å². The van der Waals surface area contributed by atoms with Gasteiger partial charge >= 0.3 is 0 Å². The molecule has 0 spiro atoms. The molecule has 8 heteroatoms. The molecule has 1 amide bonds. The third-order valence-corrected chi connectivity index (χ3v) is 4.60. The third kappa shape index (κ3) is 3.74. The number of rotatable bonds is 6. The molecule has 25 heavy (non-hydrogen) atoms. The average Bonchev–Trinajstić information content (AvgIpc) is 3.13. The quantitative estimate of drug-likeness (QED) is 0.730. The molecule has 1 unspecified atom stereocenters. The van der Waals surface area contributed by atoms with E-state index < -0.39 is 0 Å². The Morgan fingerprint density at radius 3 is 2.80 bits per heavy atom. The van der Waals surface area contributed by atoms with Crippen LogP contribution in [-0.4, -0.2) is 37.5 Å². The fourth-order valence-electron chi connectivity index (χ4n) is 2.63. The number of nitrogens with zero attached hydrogens (tertiary/aromatic N) is 4. The molecule has 0 radical (unpaired) electrons. The smallest absolute Gasteiger partial charge is 0.277 e. The van der Waals surface area contributed by atoms with Crippen molar-refractivity contribution in [3.63, 3.8) is 0 Å². The van der Waals surface area contributed by atoms with E-state index in [-0.39, 0.29) is 17.5 Å². The summed E-state index contributed by atoms with van der Waals surface area (Å²) in [5.41, 5.74) is 0.833. The van der Waals surface area contributed by atoms with Crippen molar-refractivity contribution in [2.75, 3.05) is 17.3 Å². The summed E-state index contributed by atoms with van der Waals surface area (Å²) in [6, 6.07) is 8.57. The van der Waals surface area contributed by atoms with Gasteiger partial charge in [0.25, 0.3) is 5.56 Å². The number of fused-ring (bicyclic) bond motifs is 1. The summed E-state index contributed by atoms with van der Waals surface area (Å²) >= 11 is 1.70. The van der Waals surface area contributed by atoms with Gasteiger partial charge in [-0.25, -0.2) is 4.68 Å². The molecule has 0 fully saturated rings. The van der Waals surface area contributed by atoms with Crippen LogP contribution in [0.25, 0.3) is 10.9 Å². The van der Waals surface area contributed by atoms with Crippen molar-refractivity contribution in [1.82, 2.24) is 19.6 Å². The van der Waals surface area contributed by atoms with Gasteiger partial charge in [0, 0.05) is 25.1 Å². The molecular formula is C17H19N5O2S. The number of benzene rings is 1. The van der Waals surface area contributed by atoms with Crippen molar-refractivity contribution >= 4 is 34.3 Å². The first-order chi connectivity index (χ1) is 12.1. The van der Waals surface area contributed by atoms with Crippen LogP contribution in [0.15, 0.2) is 47.5 Å². The third-order valence-electron chi connectivity index (χ3n) is 3.96. The molecule has 0 aliphatic heterocycles. The molecule has 1 N–H and O–H groups in total. The maximum atomic E-state index is 12.8. The number of nitrogens with one attached hydrogen (secondary N) is 1. The Balaban J connectivity index is 1.87. The largest absolute Gasteiger partial charge is 0.342 e. The lowest BCUT2D eigenvalue weighted by atomic mass is 10.2. The maximum Gasteiger partial charge on any atom is 0.277 e. The van der Waals surface area contributed by atoms with E-state index in [4.69, 9.17) is 0 Å². The number of thioether (sulfide) groups is 1. The van der Waals surface area contributed by atoms with Crippen LogP contribution in [-0.2, 0) is 11.8 Å². The molecule has 2 heterocycles. The van der Waals surface area contributed by atoms with Crippen LogP contribution >= 0.6 is 11.8 Å².